The van der Waals surface area contributed by atoms with Crippen molar-refractivity contribution < 1.29 is 9.69 Å². The van der Waals surface area contributed by atoms with Crippen LogP contribution in [0.1, 0.15) is 44.6 Å². The molecule has 0 spiro atoms. The number of rotatable bonds is 5. The van der Waals surface area contributed by atoms with E-state index in [4.69, 9.17) is 0 Å². The highest BCUT2D eigenvalue weighted by atomic mass is 16.2. The molecule has 3 rings (SSSR count). The highest BCUT2D eigenvalue weighted by molar-refractivity contribution is 5.79. The number of amides is 1. The quantitative estimate of drug-likeness (QED) is 0.880. The number of nitrogens with one attached hydrogen (secondary N) is 1. The Labute approximate surface area is 147 Å². The Kier molecular flexibility index (Phi) is 6.30. The molecule has 3 heteroatoms. The summed E-state index contributed by atoms with van der Waals surface area (Å²) in [6.07, 6.45) is 7.08. The topological polar surface area (TPSA) is 24.8 Å². The lowest BCUT2D eigenvalue weighted by Crippen LogP contribution is -3.13. The second kappa shape index (κ2) is 8.66. The molecule has 1 atom stereocenters. The van der Waals surface area contributed by atoms with E-state index in [0.29, 0.717) is 17.7 Å². The minimum Gasteiger partial charge on any atom is -0.342 e. The summed E-state index contributed by atoms with van der Waals surface area (Å²) in [5.41, 5.74) is 1.45. The molecule has 0 aromatic heterocycles. The Bertz CT molecular complexity index is 508. The van der Waals surface area contributed by atoms with Gasteiger partial charge in [-0.1, -0.05) is 37.3 Å². The van der Waals surface area contributed by atoms with Gasteiger partial charge in [0.05, 0.1) is 19.6 Å². The Morgan fingerprint density at radius 1 is 1.17 bits per heavy atom. The van der Waals surface area contributed by atoms with Gasteiger partial charge in [-0.15, -0.1) is 0 Å². The molecule has 0 saturated carbocycles. The summed E-state index contributed by atoms with van der Waals surface area (Å²) in [6, 6.07) is 10.8. The molecule has 1 amide bonds. The average Bonchev–Trinajstić information content (AvgIpc) is 2.63. The van der Waals surface area contributed by atoms with Crippen LogP contribution in [0.5, 0.6) is 0 Å². The molecule has 0 unspecified atom stereocenters. The van der Waals surface area contributed by atoms with Crippen LogP contribution in [0, 0.1) is 11.8 Å². The van der Waals surface area contributed by atoms with E-state index in [0.717, 1.165) is 25.9 Å². The van der Waals surface area contributed by atoms with E-state index in [1.165, 1.54) is 50.9 Å². The third-order valence-corrected chi connectivity index (χ3v) is 5.85. The average molecular weight is 330 g/mol. The lowest BCUT2D eigenvalue weighted by atomic mass is 9.92. The highest BCUT2D eigenvalue weighted by Crippen LogP contribution is 2.20. The van der Waals surface area contributed by atoms with E-state index in [-0.39, 0.29) is 0 Å². The van der Waals surface area contributed by atoms with Crippen LogP contribution in [-0.4, -0.2) is 43.5 Å². The lowest BCUT2D eigenvalue weighted by Gasteiger charge is -2.36. The summed E-state index contributed by atoms with van der Waals surface area (Å²) in [5.74, 6) is 1.43. The molecule has 2 aliphatic rings. The second-order valence-corrected chi connectivity index (χ2v) is 7.90. The van der Waals surface area contributed by atoms with Gasteiger partial charge >= 0.3 is 0 Å². The first-order valence-corrected chi connectivity index (χ1v) is 9.88. The smallest absolute Gasteiger partial charge is 0.226 e. The predicted octanol–water partition coefficient (Wildman–Crippen LogP) is 2.17. The van der Waals surface area contributed by atoms with Crippen molar-refractivity contribution in [2.24, 2.45) is 11.8 Å². The largest absolute Gasteiger partial charge is 0.342 e. The van der Waals surface area contributed by atoms with Gasteiger partial charge < -0.3 is 9.80 Å². The maximum Gasteiger partial charge on any atom is 0.226 e. The molecular weight excluding hydrogens is 296 g/mol. The summed E-state index contributed by atoms with van der Waals surface area (Å²) in [6.45, 7) is 7.86. The van der Waals surface area contributed by atoms with Crippen LogP contribution in [0.25, 0.3) is 0 Å². The number of hydrogen-bond donors (Lipinski definition) is 1. The van der Waals surface area contributed by atoms with Crippen LogP contribution in [0.4, 0.5) is 0 Å². The molecule has 3 nitrogen and oxygen atoms in total. The normalized spacial score (nSPS) is 27.9. The molecule has 24 heavy (non-hydrogen) atoms. The minimum absolute atomic E-state index is 0.299. The molecule has 1 aromatic carbocycles. The molecule has 0 aliphatic carbocycles. The van der Waals surface area contributed by atoms with Crippen molar-refractivity contribution in [3.05, 3.63) is 35.9 Å². The maximum absolute atomic E-state index is 12.7. The molecule has 132 valence electrons. The zero-order chi connectivity index (χ0) is 16.8. The van der Waals surface area contributed by atoms with Crippen molar-refractivity contribution in [1.82, 2.24) is 4.90 Å². The first-order valence-electron chi connectivity index (χ1n) is 9.88. The molecule has 1 aromatic rings. The van der Waals surface area contributed by atoms with Crippen molar-refractivity contribution in [3.63, 3.8) is 0 Å². The van der Waals surface area contributed by atoms with E-state index < -0.39 is 0 Å². The van der Waals surface area contributed by atoms with Crippen molar-refractivity contribution >= 4 is 5.91 Å². The third-order valence-electron chi connectivity index (χ3n) is 5.85. The Balaban J connectivity index is 1.37. The molecule has 2 heterocycles. The van der Waals surface area contributed by atoms with E-state index in [1.54, 1.807) is 4.90 Å². The number of carbonyl (C=O) groups excluding carboxylic acids is 1. The number of aryl methyl sites for hydroxylation is 1. The third kappa shape index (κ3) is 4.83. The summed E-state index contributed by atoms with van der Waals surface area (Å²) in [7, 11) is 0. The Morgan fingerprint density at radius 2 is 1.92 bits per heavy atom. The van der Waals surface area contributed by atoms with Gasteiger partial charge in [0.2, 0.25) is 5.91 Å². The zero-order valence-electron chi connectivity index (χ0n) is 15.2. The molecule has 2 aliphatic heterocycles. The van der Waals surface area contributed by atoms with Crippen LogP contribution in [0.2, 0.25) is 0 Å². The van der Waals surface area contributed by atoms with E-state index >= 15 is 0 Å². The fourth-order valence-corrected chi connectivity index (χ4v) is 4.36. The fraction of sp³-hybridized carbons (Fsp3) is 0.667. The number of quaternary nitrogens is 1. The molecule has 2 fully saturated rings. The van der Waals surface area contributed by atoms with Crippen molar-refractivity contribution in [2.45, 2.75) is 45.4 Å². The number of benzene rings is 1. The number of nitrogens with zero attached hydrogens (tertiary/aromatic N) is 1. The van der Waals surface area contributed by atoms with E-state index in [1.807, 2.05) is 0 Å². The van der Waals surface area contributed by atoms with Crippen LogP contribution in [0.15, 0.2) is 30.3 Å². The van der Waals surface area contributed by atoms with Crippen LogP contribution in [-0.2, 0) is 11.2 Å². The van der Waals surface area contributed by atoms with Gasteiger partial charge in [-0.2, -0.15) is 0 Å². The number of hydrogen-bond acceptors (Lipinski definition) is 1. The SMILES string of the molecule is C[C@@H]1CCCN(C(=O)C2CC[NH+](CCCc3ccccc3)CC2)C1. The summed E-state index contributed by atoms with van der Waals surface area (Å²) >= 11 is 0. The first kappa shape index (κ1) is 17.5. The van der Waals surface area contributed by atoms with Gasteiger partial charge in [0.1, 0.15) is 0 Å². The highest BCUT2D eigenvalue weighted by Gasteiger charge is 2.31. The van der Waals surface area contributed by atoms with Crippen molar-refractivity contribution in [3.8, 4) is 0 Å². The Morgan fingerprint density at radius 3 is 2.62 bits per heavy atom. The second-order valence-electron chi connectivity index (χ2n) is 7.90. The molecule has 1 N–H and O–H groups in total. The standard InChI is InChI=1S/C21H32N2O/c1-18-7-5-14-23(17-18)21(24)20-11-15-22(16-12-20)13-6-10-19-8-3-2-4-9-19/h2-4,8-9,18,20H,5-7,10-17H2,1H3/p+1/t18-/m1/s1. The first-order chi connectivity index (χ1) is 11.7. The predicted molar refractivity (Wildman–Crippen MR) is 98.0 cm³/mol. The van der Waals surface area contributed by atoms with Crippen LogP contribution in [0.3, 0.4) is 0 Å². The van der Waals surface area contributed by atoms with E-state index in [9.17, 15) is 4.79 Å². The molecular formula is C21H33N2O+. The van der Waals surface area contributed by atoms with Crippen LogP contribution < -0.4 is 4.90 Å². The van der Waals surface area contributed by atoms with Crippen molar-refractivity contribution in [1.29, 1.82) is 0 Å². The minimum atomic E-state index is 0.299. The number of carbonyl (C=O) groups is 1. The number of likely N-dealkylation sites (tertiary alicyclic amines) is 2. The van der Waals surface area contributed by atoms with Gasteiger partial charge in [-0.25, -0.2) is 0 Å². The van der Waals surface area contributed by atoms with Gasteiger partial charge in [0, 0.05) is 38.3 Å². The van der Waals surface area contributed by atoms with Gasteiger partial charge in [0.25, 0.3) is 0 Å². The van der Waals surface area contributed by atoms with Gasteiger partial charge in [-0.3, -0.25) is 4.79 Å². The summed E-state index contributed by atoms with van der Waals surface area (Å²) in [4.78, 5) is 16.6. The molecule has 0 bridgehead atoms. The van der Waals surface area contributed by atoms with E-state index in [2.05, 4.69) is 42.2 Å². The fourth-order valence-electron chi connectivity index (χ4n) is 4.36. The van der Waals surface area contributed by atoms with Gasteiger partial charge in [-0.05, 0) is 30.7 Å². The van der Waals surface area contributed by atoms with Crippen molar-refractivity contribution in [2.75, 3.05) is 32.7 Å². The summed E-state index contributed by atoms with van der Waals surface area (Å²) in [5, 5.41) is 0. The summed E-state index contributed by atoms with van der Waals surface area (Å²) < 4.78 is 0. The van der Waals surface area contributed by atoms with Gasteiger partial charge in [0.15, 0.2) is 0 Å². The Hall–Kier alpha value is -1.35. The maximum atomic E-state index is 12.7. The number of piperidine rings is 2. The zero-order valence-corrected chi connectivity index (χ0v) is 15.2. The lowest BCUT2D eigenvalue weighted by molar-refractivity contribution is -0.906. The monoisotopic (exact) mass is 329 g/mol. The molecule has 0 radical (unpaired) electrons. The van der Waals surface area contributed by atoms with Crippen LogP contribution >= 0.6 is 0 Å². The molecule has 2 saturated heterocycles.